The topological polar surface area (TPSA) is 0 Å². The van der Waals surface area contributed by atoms with Crippen molar-refractivity contribution in [2.45, 2.75) is 6.92 Å². The Labute approximate surface area is 38.9 Å². The molecule has 0 saturated carbocycles. The molecule has 0 amide bonds. The lowest BCUT2D eigenvalue weighted by Gasteiger charge is -1.74. The first-order valence-corrected chi connectivity index (χ1v) is 1.74. The van der Waals surface area contributed by atoms with Crippen LogP contribution in [-0.2, 0) is 0 Å². The second-order valence-corrected chi connectivity index (χ2v) is 1.03. The molecule has 0 aromatic heterocycles. The van der Waals surface area contributed by atoms with Crippen LogP contribution in [0, 0.1) is 19.3 Å². The highest BCUT2D eigenvalue weighted by Gasteiger charge is 1.67. The van der Waals surface area contributed by atoms with Crippen molar-refractivity contribution >= 4 is 0 Å². The molecule has 0 nitrogen and oxygen atoms in total. The highest BCUT2D eigenvalue weighted by Crippen LogP contribution is 1.82. The van der Waals surface area contributed by atoms with Crippen LogP contribution in [-0.4, -0.2) is 0 Å². The van der Waals surface area contributed by atoms with Crippen LogP contribution in [0.2, 0.25) is 0 Å². The third-order valence-electron chi connectivity index (χ3n) is 0.534. The molecule has 0 fully saturated rings. The molecule has 1 radical (unpaired) electrons. The van der Waals surface area contributed by atoms with E-state index in [2.05, 4.69) is 12.8 Å². The predicted molar refractivity (Wildman–Crippen MR) is 27.9 cm³/mol. The van der Waals surface area contributed by atoms with Crippen molar-refractivity contribution in [1.29, 1.82) is 0 Å². The Hall–Kier alpha value is -0.700. The molecule has 0 unspecified atom stereocenters. The fraction of sp³-hybridized carbons (Fsp3) is 0.167. The van der Waals surface area contributed by atoms with E-state index in [4.69, 9.17) is 6.42 Å². The summed E-state index contributed by atoms with van der Waals surface area (Å²) in [5, 5.41) is 0. The van der Waals surface area contributed by atoms with Crippen LogP contribution in [0.1, 0.15) is 6.92 Å². The van der Waals surface area contributed by atoms with Crippen LogP contribution in [0.5, 0.6) is 0 Å². The zero-order chi connectivity index (χ0) is 4.99. The predicted octanol–water partition coefficient (Wildman–Crippen LogP) is 1.40. The van der Waals surface area contributed by atoms with Gasteiger partial charge in [0.2, 0.25) is 0 Å². The molecule has 6 heavy (non-hydrogen) atoms. The van der Waals surface area contributed by atoms with E-state index in [-0.39, 0.29) is 0 Å². The Morgan fingerprint density at radius 2 is 2.50 bits per heavy atom. The fourth-order valence-electron chi connectivity index (χ4n) is 0.0589. The Balaban J connectivity index is 3.61. The summed E-state index contributed by atoms with van der Waals surface area (Å²) < 4.78 is 0. The minimum Gasteiger partial charge on any atom is -0.115 e. The lowest BCUT2D eigenvalue weighted by Crippen LogP contribution is -1.59. The number of hydrogen-bond acceptors (Lipinski definition) is 0. The van der Waals surface area contributed by atoms with Crippen LogP contribution < -0.4 is 0 Å². The Morgan fingerprint density at radius 1 is 2.00 bits per heavy atom. The van der Waals surface area contributed by atoms with E-state index >= 15 is 0 Å². The Morgan fingerprint density at radius 3 is 2.50 bits per heavy atom. The summed E-state index contributed by atoms with van der Waals surface area (Å²) in [6.45, 7) is 5.29. The SMILES string of the molecule is C#C/C(C)=C\[CH2]. The van der Waals surface area contributed by atoms with Crippen LogP contribution in [0.3, 0.4) is 0 Å². The van der Waals surface area contributed by atoms with Gasteiger partial charge in [-0.2, -0.15) is 0 Å². The van der Waals surface area contributed by atoms with Gasteiger partial charge in [-0.25, -0.2) is 0 Å². The van der Waals surface area contributed by atoms with Crippen LogP contribution in [0.25, 0.3) is 0 Å². The number of hydrogen-bond donors (Lipinski definition) is 0. The van der Waals surface area contributed by atoms with Gasteiger partial charge in [0.1, 0.15) is 0 Å². The molecule has 0 rings (SSSR count). The van der Waals surface area contributed by atoms with Gasteiger partial charge >= 0.3 is 0 Å². The molecule has 0 heterocycles. The molecule has 31 valence electrons. The molecular formula is C6H7. The standard InChI is InChI=1S/C6H7/c1-4-6(3)5-2/h1,5H,2H2,3H3/b6-5-. The Bertz CT molecular complexity index is 91.1. The summed E-state index contributed by atoms with van der Waals surface area (Å²) >= 11 is 0. The molecule has 0 aromatic rings. The van der Waals surface area contributed by atoms with E-state index < -0.39 is 0 Å². The van der Waals surface area contributed by atoms with E-state index in [0.717, 1.165) is 5.57 Å². The van der Waals surface area contributed by atoms with Gasteiger partial charge in [-0.05, 0) is 19.4 Å². The van der Waals surface area contributed by atoms with Crippen molar-refractivity contribution in [3.05, 3.63) is 18.6 Å². The van der Waals surface area contributed by atoms with Gasteiger partial charge < -0.3 is 0 Å². The zero-order valence-corrected chi connectivity index (χ0v) is 3.86. The summed E-state index contributed by atoms with van der Waals surface area (Å²) in [6.07, 6.45) is 6.58. The lowest BCUT2D eigenvalue weighted by atomic mass is 10.3. The molecule has 0 heteroatoms. The van der Waals surface area contributed by atoms with Gasteiger partial charge in [-0.3, -0.25) is 0 Å². The van der Waals surface area contributed by atoms with Crippen LogP contribution in [0.4, 0.5) is 0 Å². The first kappa shape index (κ1) is 5.30. The average molecular weight is 79.1 g/mol. The molecule has 0 aromatic carbocycles. The van der Waals surface area contributed by atoms with E-state index in [9.17, 15) is 0 Å². The summed E-state index contributed by atoms with van der Waals surface area (Å²) in [7, 11) is 0. The highest BCUT2D eigenvalue weighted by molar-refractivity contribution is 5.22. The largest absolute Gasteiger partial charge is 0.115 e. The highest BCUT2D eigenvalue weighted by atomic mass is 13.7. The molecule has 0 N–H and O–H groups in total. The summed E-state index contributed by atoms with van der Waals surface area (Å²) in [5.41, 5.74) is 0.884. The number of rotatable bonds is 0. The molecule has 0 atom stereocenters. The van der Waals surface area contributed by atoms with Crippen molar-refractivity contribution in [1.82, 2.24) is 0 Å². The first-order valence-electron chi connectivity index (χ1n) is 1.74. The van der Waals surface area contributed by atoms with E-state index in [1.807, 2.05) is 6.92 Å². The van der Waals surface area contributed by atoms with Gasteiger partial charge in [-0.1, -0.05) is 12.0 Å². The van der Waals surface area contributed by atoms with E-state index in [1.54, 1.807) is 6.08 Å². The molecule has 0 aliphatic carbocycles. The van der Waals surface area contributed by atoms with E-state index in [0.29, 0.717) is 0 Å². The quantitative estimate of drug-likeness (QED) is 0.385. The molecule has 0 aliphatic heterocycles. The van der Waals surface area contributed by atoms with Gasteiger partial charge in [-0.15, -0.1) is 6.42 Å². The summed E-state index contributed by atoms with van der Waals surface area (Å²) in [5.74, 6) is 2.41. The molecule has 0 bridgehead atoms. The number of terminal acetylenes is 1. The number of allylic oxidation sites excluding steroid dienone is 2. The second kappa shape index (κ2) is 2.53. The zero-order valence-electron chi connectivity index (χ0n) is 3.86. The average Bonchev–Trinajstić information content (AvgIpc) is 1.65. The van der Waals surface area contributed by atoms with Crippen LogP contribution in [0.15, 0.2) is 11.6 Å². The third kappa shape index (κ3) is 1.60. The summed E-state index contributed by atoms with van der Waals surface area (Å²) in [6, 6.07) is 0. The van der Waals surface area contributed by atoms with Crippen molar-refractivity contribution in [2.75, 3.05) is 0 Å². The molecule has 0 aliphatic rings. The minimum absolute atomic E-state index is 0.884. The fourth-order valence-corrected chi connectivity index (χ4v) is 0.0589. The van der Waals surface area contributed by atoms with Gasteiger partial charge in [0.15, 0.2) is 0 Å². The normalized spacial score (nSPS) is 10.5. The van der Waals surface area contributed by atoms with Crippen molar-refractivity contribution in [3.63, 3.8) is 0 Å². The third-order valence-corrected chi connectivity index (χ3v) is 0.534. The minimum atomic E-state index is 0.884. The van der Waals surface area contributed by atoms with Crippen molar-refractivity contribution < 1.29 is 0 Å². The first-order chi connectivity index (χ1) is 2.81. The van der Waals surface area contributed by atoms with E-state index in [1.165, 1.54) is 0 Å². The lowest BCUT2D eigenvalue weighted by molar-refractivity contribution is 1.59. The maximum Gasteiger partial charge on any atom is -0.00532 e. The van der Waals surface area contributed by atoms with Gasteiger partial charge in [0.25, 0.3) is 0 Å². The molecular weight excluding hydrogens is 72.1 g/mol. The van der Waals surface area contributed by atoms with Crippen LogP contribution >= 0.6 is 0 Å². The van der Waals surface area contributed by atoms with Gasteiger partial charge in [0, 0.05) is 0 Å². The van der Waals surface area contributed by atoms with Crippen molar-refractivity contribution in [2.24, 2.45) is 0 Å². The van der Waals surface area contributed by atoms with Crippen molar-refractivity contribution in [3.8, 4) is 12.3 Å². The Kier molecular flexibility index (Phi) is 2.24. The summed E-state index contributed by atoms with van der Waals surface area (Å²) in [4.78, 5) is 0. The molecule has 0 spiro atoms. The maximum atomic E-state index is 4.92. The van der Waals surface area contributed by atoms with Gasteiger partial charge in [0.05, 0.1) is 0 Å². The smallest absolute Gasteiger partial charge is 0.00532 e. The monoisotopic (exact) mass is 79.1 g/mol. The molecule has 0 saturated heterocycles. The second-order valence-electron chi connectivity index (χ2n) is 1.03. The maximum absolute atomic E-state index is 4.92.